The number of rotatable bonds is 6. The zero-order valence-electron chi connectivity index (χ0n) is 18.1. The molecule has 6 nitrogen and oxygen atoms in total. The van der Waals surface area contributed by atoms with Gasteiger partial charge in [0, 0.05) is 61.3 Å². The Balaban J connectivity index is 1.45. The maximum absolute atomic E-state index is 12.1. The van der Waals surface area contributed by atoms with Gasteiger partial charge in [0.1, 0.15) is 17.1 Å². The molecule has 31 heavy (non-hydrogen) atoms. The van der Waals surface area contributed by atoms with Crippen molar-refractivity contribution in [1.82, 2.24) is 9.80 Å². The summed E-state index contributed by atoms with van der Waals surface area (Å²) in [7, 11) is 3.37. The van der Waals surface area contributed by atoms with E-state index in [9.17, 15) is 4.79 Å². The Kier molecular flexibility index (Phi) is 6.51. The minimum Gasteiger partial charge on any atom is -0.497 e. The summed E-state index contributed by atoms with van der Waals surface area (Å²) in [6, 6.07) is 11.2. The van der Waals surface area contributed by atoms with Crippen LogP contribution in [0.3, 0.4) is 0 Å². The van der Waals surface area contributed by atoms with Crippen LogP contribution in [0, 0.1) is 6.92 Å². The molecule has 0 amide bonds. The number of nitrogens with zero attached hydrogens (tertiary/aromatic N) is 2. The molecule has 0 spiro atoms. The predicted molar refractivity (Wildman–Crippen MR) is 122 cm³/mol. The van der Waals surface area contributed by atoms with Gasteiger partial charge in [0.15, 0.2) is 0 Å². The molecule has 0 N–H and O–H groups in total. The Morgan fingerprint density at radius 2 is 1.61 bits per heavy atom. The number of ether oxygens (including phenoxy) is 2. The number of hydrogen-bond acceptors (Lipinski definition) is 6. The van der Waals surface area contributed by atoms with E-state index in [0.29, 0.717) is 17.2 Å². The molecule has 0 bridgehead atoms. The van der Waals surface area contributed by atoms with Crippen LogP contribution >= 0.6 is 11.6 Å². The SMILES string of the molecule is COc1ccc(OC)c(CN2CCN(Cc3cc(=O)oc4cc(C)c(Cl)cc34)CC2)c1. The lowest BCUT2D eigenvalue weighted by molar-refractivity contribution is 0.121. The molecular formula is C24H27ClN2O4. The zero-order valence-corrected chi connectivity index (χ0v) is 18.9. The summed E-state index contributed by atoms with van der Waals surface area (Å²) in [5, 5.41) is 1.58. The molecule has 0 unspecified atom stereocenters. The monoisotopic (exact) mass is 442 g/mol. The van der Waals surface area contributed by atoms with E-state index in [2.05, 4.69) is 9.80 Å². The number of aryl methyl sites for hydroxylation is 1. The molecule has 0 aliphatic carbocycles. The van der Waals surface area contributed by atoms with Crippen molar-refractivity contribution in [2.75, 3.05) is 40.4 Å². The van der Waals surface area contributed by atoms with Crippen LogP contribution in [-0.2, 0) is 13.1 Å². The van der Waals surface area contributed by atoms with Crippen LogP contribution in [0.15, 0.2) is 45.6 Å². The van der Waals surface area contributed by atoms with E-state index in [4.69, 9.17) is 25.5 Å². The highest BCUT2D eigenvalue weighted by Gasteiger charge is 2.20. The average molecular weight is 443 g/mol. The summed E-state index contributed by atoms with van der Waals surface area (Å²) in [5.74, 6) is 1.70. The number of benzene rings is 2. The van der Waals surface area contributed by atoms with Crippen LogP contribution in [-0.4, -0.2) is 50.2 Å². The fraction of sp³-hybridized carbons (Fsp3) is 0.375. The molecule has 0 atom stereocenters. The molecule has 164 valence electrons. The second-order valence-corrected chi connectivity index (χ2v) is 8.33. The lowest BCUT2D eigenvalue weighted by Gasteiger charge is -2.35. The third-order valence-corrected chi connectivity index (χ3v) is 6.26. The second-order valence-electron chi connectivity index (χ2n) is 7.92. The summed E-state index contributed by atoms with van der Waals surface area (Å²) < 4.78 is 16.3. The maximum atomic E-state index is 12.1. The van der Waals surface area contributed by atoms with Crippen LogP contribution in [0.4, 0.5) is 0 Å². The minimum atomic E-state index is -0.326. The molecule has 3 aromatic rings. The molecule has 0 radical (unpaired) electrons. The Morgan fingerprint density at radius 1 is 0.935 bits per heavy atom. The molecule has 1 aliphatic heterocycles. The highest BCUT2D eigenvalue weighted by molar-refractivity contribution is 6.32. The van der Waals surface area contributed by atoms with E-state index in [1.807, 2.05) is 37.3 Å². The molecule has 2 aromatic carbocycles. The van der Waals surface area contributed by atoms with E-state index in [1.54, 1.807) is 20.3 Å². The predicted octanol–water partition coefficient (Wildman–Crippen LogP) is 4.09. The summed E-state index contributed by atoms with van der Waals surface area (Å²) in [6.45, 7) is 7.09. The first-order chi connectivity index (χ1) is 15.0. The second kappa shape index (κ2) is 9.30. The van der Waals surface area contributed by atoms with Gasteiger partial charge in [-0.15, -0.1) is 0 Å². The fourth-order valence-corrected chi connectivity index (χ4v) is 4.24. The highest BCUT2D eigenvalue weighted by atomic mass is 35.5. The summed E-state index contributed by atoms with van der Waals surface area (Å²) in [6.07, 6.45) is 0. The van der Waals surface area contributed by atoms with E-state index in [1.165, 1.54) is 0 Å². The van der Waals surface area contributed by atoms with Gasteiger partial charge in [0.25, 0.3) is 0 Å². The van der Waals surface area contributed by atoms with Gasteiger partial charge in [-0.25, -0.2) is 4.79 Å². The molecule has 1 saturated heterocycles. The smallest absolute Gasteiger partial charge is 0.336 e. The van der Waals surface area contributed by atoms with Gasteiger partial charge in [-0.3, -0.25) is 9.80 Å². The van der Waals surface area contributed by atoms with Gasteiger partial charge in [-0.05, 0) is 48.4 Å². The number of methoxy groups -OCH3 is 2. The number of hydrogen-bond donors (Lipinski definition) is 0. The Bertz CT molecular complexity index is 1140. The highest BCUT2D eigenvalue weighted by Crippen LogP contribution is 2.27. The maximum Gasteiger partial charge on any atom is 0.336 e. The summed E-state index contributed by atoms with van der Waals surface area (Å²) in [4.78, 5) is 16.8. The normalized spacial score (nSPS) is 15.4. The molecule has 2 heterocycles. The Labute approximate surface area is 186 Å². The molecular weight excluding hydrogens is 416 g/mol. The topological polar surface area (TPSA) is 55.2 Å². The Morgan fingerprint density at radius 3 is 2.26 bits per heavy atom. The van der Waals surface area contributed by atoms with Crippen molar-refractivity contribution in [2.24, 2.45) is 0 Å². The lowest BCUT2D eigenvalue weighted by Crippen LogP contribution is -2.45. The van der Waals surface area contributed by atoms with Gasteiger partial charge in [0.2, 0.25) is 0 Å². The zero-order chi connectivity index (χ0) is 22.0. The molecule has 1 fully saturated rings. The first-order valence-corrected chi connectivity index (χ1v) is 10.7. The summed E-state index contributed by atoms with van der Waals surface area (Å²) >= 11 is 6.33. The first kappa shape index (κ1) is 21.7. The van der Waals surface area contributed by atoms with Crippen LogP contribution in [0.25, 0.3) is 11.0 Å². The van der Waals surface area contributed by atoms with Crippen LogP contribution in [0.2, 0.25) is 5.02 Å². The van der Waals surface area contributed by atoms with Crippen molar-refractivity contribution in [1.29, 1.82) is 0 Å². The first-order valence-electron chi connectivity index (χ1n) is 10.4. The number of piperazine rings is 1. The van der Waals surface area contributed by atoms with Crippen LogP contribution in [0.5, 0.6) is 11.5 Å². The van der Waals surface area contributed by atoms with Gasteiger partial charge < -0.3 is 13.9 Å². The van der Waals surface area contributed by atoms with E-state index in [-0.39, 0.29) is 5.63 Å². The van der Waals surface area contributed by atoms with Crippen molar-refractivity contribution in [3.8, 4) is 11.5 Å². The molecule has 0 saturated carbocycles. The standard InChI is InChI=1S/C24H27ClN2O4/c1-16-10-23-20(13-21(16)25)17(12-24(28)31-23)14-26-6-8-27(9-7-26)15-18-11-19(29-2)4-5-22(18)30-3/h4-5,10-13H,6-9,14-15H2,1-3H3. The van der Waals surface area contributed by atoms with Crippen LogP contribution in [0.1, 0.15) is 16.7 Å². The van der Waals surface area contributed by atoms with Crippen molar-refractivity contribution >= 4 is 22.6 Å². The van der Waals surface area contributed by atoms with Crippen molar-refractivity contribution in [2.45, 2.75) is 20.0 Å². The average Bonchev–Trinajstić information content (AvgIpc) is 2.76. The molecule has 1 aliphatic rings. The van der Waals surface area contributed by atoms with Crippen LogP contribution < -0.4 is 15.1 Å². The van der Waals surface area contributed by atoms with Gasteiger partial charge in [0.05, 0.1) is 14.2 Å². The molecule has 4 rings (SSSR count). The summed E-state index contributed by atoms with van der Waals surface area (Å²) in [5.41, 5.74) is 3.24. The number of halogens is 1. The largest absolute Gasteiger partial charge is 0.497 e. The minimum absolute atomic E-state index is 0.326. The van der Waals surface area contributed by atoms with Gasteiger partial charge >= 0.3 is 5.63 Å². The Hall–Kier alpha value is -2.54. The molecule has 1 aromatic heterocycles. The van der Waals surface area contributed by atoms with Crippen molar-refractivity contribution < 1.29 is 13.9 Å². The third kappa shape index (κ3) is 4.87. The third-order valence-electron chi connectivity index (χ3n) is 5.85. The lowest BCUT2D eigenvalue weighted by atomic mass is 10.1. The van der Waals surface area contributed by atoms with Crippen molar-refractivity contribution in [3.63, 3.8) is 0 Å². The van der Waals surface area contributed by atoms with E-state index >= 15 is 0 Å². The number of fused-ring (bicyclic) bond motifs is 1. The van der Waals surface area contributed by atoms with Crippen molar-refractivity contribution in [3.05, 3.63) is 68.5 Å². The van der Waals surface area contributed by atoms with E-state index in [0.717, 1.165) is 66.3 Å². The quantitative estimate of drug-likeness (QED) is 0.536. The fourth-order valence-electron chi connectivity index (χ4n) is 4.07. The molecule has 7 heteroatoms. The van der Waals surface area contributed by atoms with E-state index < -0.39 is 0 Å². The van der Waals surface area contributed by atoms with Gasteiger partial charge in [-0.2, -0.15) is 0 Å². The van der Waals surface area contributed by atoms with Gasteiger partial charge in [-0.1, -0.05) is 11.6 Å².